The number of ether oxygens (including phenoxy) is 1. The molecule has 3 N–H and O–H groups in total. The second-order valence-electron chi connectivity index (χ2n) is 3.90. The van der Waals surface area contributed by atoms with Crippen LogP contribution in [0.2, 0.25) is 0 Å². The minimum atomic E-state index is -3.69. The summed E-state index contributed by atoms with van der Waals surface area (Å²) in [6.45, 7) is 5.48. The van der Waals surface area contributed by atoms with E-state index in [1.54, 1.807) is 13.8 Å². The Balaban J connectivity index is 2.83. The Morgan fingerprint density at radius 2 is 2.22 bits per heavy atom. The number of sulfonamides is 1. The van der Waals surface area contributed by atoms with Crippen molar-refractivity contribution in [2.75, 3.05) is 13.2 Å². The smallest absolute Gasteiger partial charge is 0.244 e. The lowest BCUT2D eigenvalue weighted by Crippen LogP contribution is -2.32. The van der Waals surface area contributed by atoms with Crippen LogP contribution in [0.1, 0.15) is 25.2 Å². The predicted molar refractivity (Wildman–Crippen MR) is 65.5 cm³/mol. The lowest BCUT2D eigenvalue weighted by Gasteiger charge is -2.13. The fraction of sp³-hybridized carbons (Fsp3) is 0.700. The van der Waals surface area contributed by atoms with E-state index in [0.717, 1.165) is 0 Å². The van der Waals surface area contributed by atoms with Crippen LogP contribution in [0.25, 0.3) is 0 Å². The Bertz CT molecular complexity index is 483. The van der Waals surface area contributed by atoms with Gasteiger partial charge in [0, 0.05) is 13.2 Å². The summed E-state index contributed by atoms with van der Waals surface area (Å²) < 4.78 is 31.8. The number of aromatic nitrogens is 2. The van der Waals surface area contributed by atoms with E-state index < -0.39 is 16.6 Å². The highest BCUT2D eigenvalue weighted by atomic mass is 32.2. The number of hydrogen-bond acceptors (Lipinski definition) is 5. The number of aliphatic hydroxyl groups excluding tert-OH is 1. The van der Waals surface area contributed by atoms with Crippen LogP contribution in [0.15, 0.2) is 4.90 Å². The molecule has 1 atom stereocenters. The average Bonchev–Trinajstić information content (AvgIpc) is 2.69. The number of nitrogens with zero attached hydrogens (tertiary/aromatic N) is 1. The van der Waals surface area contributed by atoms with Gasteiger partial charge >= 0.3 is 0 Å². The van der Waals surface area contributed by atoms with Gasteiger partial charge in [0.15, 0.2) is 0 Å². The number of aryl methyl sites for hydroxylation is 1. The lowest BCUT2D eigenvalue weighted by molar-refractivity contribution is 0.0799. The number of hydrogen-bond donors (Lipinski definition) is 3. The van der Waals surface area contributed by atoms with Crippen LogP contribution >= 0.6 is 0 Å². The summed E-state index contributed by atoms with van der Waals surface area (Å²) in [6.07, 6.45) is -0.213. The van der Waals surface area contributed by atoms with Gasteiger partial charge in [0.2, 0.25) is 10.0 Å². The SMILES string of the molecule is CCOC(C)CNS(=O)(=O)c1c(CO)n[nH]c1C. The van der Waals surface area contributed by atoms with E-state index in [2.05, 4.69) is 14.9 Å². The first kappa shape index (κ1) is 15.1. The van der Waals surface area contributed by atoms with Gasteiger partial charge in [0.25, 0.3) is 0 Å². The molecule has 0 spiro atoms. The molecule has 0 aliphatic rings. The third-order valence-corrected chi connectivity index (χ3v) is 4.02. The van der Waals surface area contributed by atoms with Crippen LogP contribution in [0.3, 0.4) is 0 Å². The molecule has 0 saturated heterocycles. The van der Waals surface area contributed by atoms with Crippen molar-refractivity contribution in [2.45, 2.75) is 38.4 Å². The van der Waals surface area contributed by atoms with Crippen molar-refractivity contribution in [1.82, 2.24) is 14.9 Å². The van der Waals surface area contributed by atoms with Gasteiger partial charge in [-0.1, -0.05) is 0 Å². The van der Waals surface area contributed by atoms with Gasteiger partial charge in [0.05, 0.1) is 18.4 Å². The topological polar surface area (TPSA) is 104 Å². The third kappa shape index (κ3) is 3.52. The summed E-state index contributed by atoms with van der Waals surface area (Å²) in [7, 11) is -3.69. The molecule has 0 amide bonds. The standard InChI is InChI=1S/C10H19N3O4S/c1-4-17-7(2)5-11-18(15,16)10-8(3)12-13-9(10)6-14/h7,11,14H,4-6H2,1-3H3,(H,12,13). The maximum Gasteiger partial charge on any atom is 0.244 e. The summed E-state index contributed by atoms with van der Waals surface area (Å²) in [5.74, 6) is 0. The molecular formula is C10H19N3O4S. The summed E-state index contributed by atoms with van der Waals surface area (Å²) >= 11 is 0. The van der Waals surface area contributed by atoms with Crippen molar-refractivity contribution in [3.05, 3.63) is 11.4 Å². The fourth-order valence-corrected chi connectivity index (χ4v) is 3.04. The molecule has 1 aromatic rings. The molecule has 0 fully saturated rings. The fourth-order valence-electron chi connectivity index (χ4n) is 1.58. The van der Waals surface area contributed by atoms with E-state index in [1.165, 1.54) is 0 Å². The van der Waals surface area contributed by atoms with Gasteiger partial charge in [0.1, 0.15) is 10.6 Å². The molecule has 0 bridgehead atoms. The molecule has 0 aliphatic heterocycles. The number of H-pyrrole nitrogens is 1. The second kappa shape index (κ2) is 6.28. The Morgan fingerprint density at radius 1 is 1.56 bits per heavy atom. The Morgan fingerprint density at radius 3 is 2.78 bits per heavy atom. The summed E-state index contributed by atoms with van der Waals surface area (Å²) in [5, 5.41) is 15.3. The second-order valence-corrected chi connectivity index (χ2v) is 5.60. The first-order chi connectivity index (χ1) is 8.42. The van der Waals surface area contributed by atoms with E-state index in [4.69, 9.17) is 9.84 Å². The van der Waals surface area contributed by atoms with Gasteiger partial charge < -0.3 is 9.84 Å². The average molecular weight is 277 g/mol. The van der Waals surface area contributed by atoms with Crippen LogP contribution in [-0.4, -0.2) is 43.0 Å². The first-order valence-electron chi connectivity index (χ1n) is 5.68. The molecule has 18 heavy (non-hydrogen) atoms. The number of nitrogens with one attached hydrogen (secondary N) is 2. The highest BCUT2D eigenvalue weighted by Gasteiger charge is 2.24. The van der Waals surface area contributed by atoms with Gasteiger partial charge in [-0.05, 0) is 20.8 Å². The summed E-state index contributed by atoms with van der Waals surface area (Å²) in [4.78, 5) is 0.00805. The van der Waals surface area contributed by atoms with Crippen molar-refractivity contribution >= 4 is 10.0 Å². The third-order valence-electron chi connectivity index (χ3n) is 2.39. The number of aromatic amines is 1. The molecule has 0 radical (unpaired) electrons. The van der Waals surface area contributed by atoms with Crippen molar-refractivity contribution in [2.24, 2.45) is 0 Å². The van der Waals surface area contributed by atoms with Crippen LogP contribution < -0.4 is 4.72 Å². The van der Waals surface area contributed by atoms with Crippen LogP contribution in [0.4, 0.5) is 0 Å². The highest BCUT2D eigenvalue weighted by molar-refractivity contribution is 7.89. The van der Waals surface area contributed by atoms with E-state index in [9.17, 15) is 8.42 Å². The molecule has 1 unspecified atom stereocenters. The Hall–Kier alpha value is -0.960. The quantitative estimate of drug-likeness (QED) is 0.646. The molecule has 104 valence electrons. The van der Waals surface area contributed by atoms with E-state index >= 15 is 0 Å². The zero-order valence-corrected chi connectivity index (χ0v) is 11.5. The van der Waals surface area contributed by atoms with Crippen molar-refractivity contribution < 1.29 is 18.3 Å². The Kier molecular flexibility index (Phi) is 5.27. The van der Waals surface area contributed by atoms with Crippen molar-refractivity contribution in [3.63, 3.8) is 0 Å². The monoisotopic (exact) mass is 277 g/mol. The molecule has 0 saturated carbocycles. The maximum atomic E-state index is 12.1. The molecule has 0 aromatic carbocycles. The van der Waals surface area contributed by atoms with Crippen LogP contribution in [0.5, 0.6) is 0 Å². The molecule has 1 aromatic heterocycles. The highest BCUT2D eigenvalue weighted by Crippen LogP contribution is 2.17. The summed E-state index contributed by atoms with van der Waals surface area (Å²) in [5.41, 5.74) is 0.514. The molecule has 0 aliphatic carbocycles. The molecule has 8 heteroatoms. The molecule has 1 rings (SSSR count). The zero-order valence-electron chi connectivity index (χ0n) is 10.7. The van der Waals surface area contributed by atoms with Gasteiger partial charge in [-0.3, -0.25) is 5.10 Å². The van der Waals surface area contributed by atoms with E-state index in [1.807, 2.05) is 6.92 Å². The van der Waals surface area contributed by atoms with Crippen molar-refractivity contribution in [1.29, 1.82) is 0 Å². The minimum absolute atomic E-state index is 0.00805. The molecule has 1 heterocycles. The minimum Gasteiger partial charge on any atom is -0.390 e. The van der Waals surface area contributed by atoms with Crippen LogP contribution in [-0.2, 0) is 21.4 Å². The van der Waals surface area contributed by atoms with Crippen molar-refractivity contribution in [3.8, 4) is 0 Å². The maximum absolute atomic E-state index is 12.1. The molecule has 7 nitrogen and oxygen atoms in total. The van der Waals surface area contributed by atoms with E-state index in [0.29, 0.717) is 12.3 Å². The molecular weight excluding hydrogens is 258 g/mol. The Labute approximate surface area is 107 Å². The zero-order chi connectivity index (χ0) is 13.8. The number of rotatable bonds is 7. The normalized spacial score (nSPS) is 13.8. The van der Waals surface area contributed by atoms with Gasteiger partial charge in [-0.2, -0.15) is 5.10 Å². The predicted octanol–water partition coefficient (Wildman–Crippen LogP) is -0.0863. The largest absolute Gasteiger partial charge is 0.390 e. The summed E-state index contributed by atoms with van der Waals surface area (Å²) in [6, 6.07) is 0. The van der Waals surface area contributed by atoms with Gasteiger partial charge in [-0.15, -0.1) is 0 Å². The number of aliphatic hydroxyl groups is 1. The first-order valence-corrected chi connectivity index (χ1v) is 7.16. The van der Waals surface area contributed by atoms with E-state index in [-0.39, 0.29) is 23.2 Å². The van der Waals surface area contributed by atoms with Gasteiger partial charge in [-0.25, -0.2) is 13.1 Å². The lowest BCUT2D eigenvalue weighted by atomic mass is 10.4. The van der Waals surface area contributed by atoms with Crippen LogP contribution in [0, 0.1) is 6.92 Å².